The van der Waals surface area contributed by atoms with Crippen molar-refractivity contribution >= 4 is 11.6 Å². The van der Waals surface area contributed by atoms with Crippen LogP contribution in [0, 0.1) is 5.41 Å². The van der Waals surface area contributed by atoms with E-state index in [1.54, 1.807) is 0 Å². The molecule has 0 aromatic heterocycles. The molecule has 0 bridgehead atoms. The van der Waals surface area contributed by atoms with Crippen molar-refractivity contribution in [1.29, 1.82) is 0 Å². The van der Waals surface area contributed by atoms with E-state index in [1.807, 2.05) is 12.1 Å². The second-order valence-corrected chi connectivity index (χ2v) is 5.90. The molecule has 1 aliphatic heterocycles. The maximum atomic E-state index is 12.4. The minimum absolute atomic E-state index is 0.0975. The molecule has 3 nitrogen and oxygen atoms in total. The zero-order valence-electron chi connectivity index (χ0n) is 11.6. The van der Waals surface area contributed by atoms with E-state index in [9.17, 15) is 4.79 Å². The van der Waals surface area contributed by atoms with Gasteiger partial charge in [0.15, 0.2) is 0 Å². The van der Waals surface area contributed by atoms with Gasteiger partial charge in [-0.05, 0) is 55.2 Å². The van der Waals surface area contributed by atoms with Crippen molar-refractivity contribution in [3.05, 3.63) is 29.3 Å². The van der Waals surface area contributed by atoms with Gasteiger partial charge >= 0.3 is 0 Å². The maximum absolute atomic E-state index is 12.4. The van der Waals surface area contributed by atoms with Crippen molar-refractivity contribution in [3.63, 3.8) is 0 Å². The first-order valence-electron chi connectivity index (χ1n) is 7.38. The molecule has 3 heteroatoms. The van der Waals surface area contributed by atoms with Gasteiger partial charge in [0.05, 0.1) is 0 Å². The number of carbonyl (C=O) groups excluding carboxylic acids is 1. The van der Waals surface area contributed by atoms with Crippen LogP contribution in [0.2, 0.25) is 0 Å². The fourth-order valence-corrected chi connectivity index (χ4v) is 2.92. The molecule has 0 spiro atoms. The van der Waals surface area contributed by atoms with E-state index in [0.717, 1.165) is 37.2 Å². The number of rotatable bonds is 4. The topological polar surface area (TPSA) is 41.1 Å². The molecule has 2 N–H and O–H groups in total. The van der Waals surface area contributed by atoms with Crippen molar-refractivity contribution < 1.29 is 4.79 Å². The second-order valence-electron chi connectivity index (χ2n) is 5.90. The smallest absolute Gasteiger partial charge is 0.251 e. The number of hydrogen-bond acceptors (Lipinski definition) is 2. The van der Waals surface area contributed by atoms with Crippen molar-refractivity contribution in [2.24, 2.45) is 5.41 Å². The Morgan fingerprint density at radius 3 is 3.00 bits per heavy atom. The van der Waals surface area contributed by atoms with Crippen LogP contribution >= 0.6 is 0 Å². The Hall–Kier alpha value is -1.51. The molecule has 0 unspecified atom stereocenters. The molecule has 1 aromatic carbocycles. The van der Waals surface area contributed by atoms with Crippen LogP contribution in [0.15, 0.2) is 18.2 Å². The van der Waals surface area contributed by atoms with E-state index in [-0.39, 0.29) is 5.91 Å². The van der Waals surface area contributed by atoms with Gasteiger partial charge in [0.2, 0.25) is 0 Å². The van der Waals surface area contributed by atoms with Crippen LogP contribution in [-0.4, -0.2) is 19.0 Å². The standard InChI is InChI=1S/C16H22N2O/c1-2-16(8-9-16)11-18-15(19)13-5-3-7-14-12(13)6-4-10-17-14/h3,5,7,17H,2,4,6,8-11H2,1H3,(H,18,19). The number of hydrogen-bond donors (Lipinski definition) is 2. The van der Waals surface area contributed by atoms with Gasteiger partial charge in [0.1, 0.15) is 0 Å². The van der Waals surface area contributed by atoms with Crippen LogP contribution in [0.3, 0.4) is 0 Å². The third kappa shape index (κ3) is 2.46. The highest BCUT2D eigenvalue weighted by molar-refractivity contribution is 5.97. The van der Waals surface area contributed by atoms with Crippen LogP contribution in [0.1, 0.15) is 48.5 Å². The first-order chi connectivity index (χ1) is 9.24. The molecule has 1 aliphatic carbocycles. The number of nitrogens with one attached hydrogen (secondary N) is 2. The molecular weight excluding hydrogens is 236 g/mol. The van der Waals surface area contributed by atoms with E-state index < -0.39 is 0 Å². The summed E-state index contributed by atoms with van der Waals surface area (Å²) in [7, 11) is 0. The molecule has 0 saturated heterocycles. The minimum Gasteiger partial charge on any atom is -0.385 e. The fourth-order valence-electron chi connectivity index (χ4n) is 2.92. The number of fused-ring (bicyclic) bond motifs is 1. The van der Waals surface area contributed by atoms with Gasteiger partial charge in [-0.1, -0.05) is 13.0 Å². The largest absolute Gasteiger partial charge is 0.385 e. The summed E-state index contributed by atoms with van der Waals surface area (Å²) in [6.45, 7) is 4.06. The molecule has 2 aliphatic rings. The molecule has 0 atom stereocenters. The summed E-state index contributed by atoms with van der Waals surface area (Å²) in [5.41, 5.74) is 3.59. The summed E-state index contributed by atoms with van der Waals surface area (Å²) in [6.07, 6.45) is 5.80. The van der Waals surface area contributed by atoms with Gasteiger partial charge in [0.25, 0.3) is 5.91 Å². The SMILES string of the molecule is CCC1(CNC(=O)c2cccc3c2CCCN3)CC1. The highest BCUT2D eigenvalue weighted by atomic mass is 16.1. The van der Waals surface area contributed by atoms with Crippen LogP contribution in [0.4, 0.5) is 5.69 Å². The Morgan fingerprint density at radius 2 is 2.26 bits per heavy atom. The minimum atomic E-state index is 0.0975. The molecule has 0 radical (unpaired) electrons. The summed E-state index contributed by atoms with van der Waals surface area (Å²) in [5.74, 6) is 0.0975. The van der Waals surface area contributed by atoms with E-state index in [2.05, 4.69) is 23.6 Å². The van der Waals surface area contributed by atoms with E-state index in [0.29, 0.717) is 5.41 Å². The molecule has 1 amide bonds. The molecule has 3 rings (SSSR count). The van der Waals surface area contributed by atoms with Gasteiger partial charge < -0.3 is 10.6 Å². The first-order valence-corrected chi connectivity index (χ1v) is 7.38. The van der Waals surface area contributed by atoms with Crippen LogP contribution < -0.4 is 10.6 Å². The van der Waals surface area contributed by atoms with Gasteiger partial charge in [-0.2, -0.15) is 0 Å². The second kappa shape index (κ2) is 4.87. The quantitative estimate of drug-likeness (QED) is 0.871. The maximum Gasteiger partial charge on any atom is 0.251 e. The van der Waals surface area contributed by atoms with E-state index in [4.69, 9.17) is 0 Å². The molecular formula is C16H22N2O. The lowest BCUT2D eigenvalue weighted by molar-refractivity contribution is 0.0943. The Labute approximate surface area is 114 Å². The Bertz CT molecular complexity index is 492. The highest BCUT2D eigenvalue weighted by Crippen LogP contribution is 2.47. The van der Waals surface area contributed by atoms with Gasteiger partial charge in [-0.25, -0.2) is 0 Å². The van der Waals surface area contributed by atoms with Crippen molar-refractivity contribution in [3.8, 4) is 0 Å². The number of benzene rings is 1. The summed E-state index contributed by atoms with van der Waals surface area (Å²) in [5, 5.41) is 6.51. The van der Waals surface area contributed by atoms with Crippen molar-refractivity contribution in [2.45, 2.75) is 39.0 Å². The zero-order valence-corrected chi connectivity index (χ0v) is 11.6. The van der Waals surface area contributed by atoms with Crippen LogP contribution in [0.5, 0.6) is 0 Å². The lowest BCUT2D eigenvalue weighted by atomic mass is 9.96. The third-order valence-electron chi connectivity index (χ3n) is 4.67. The van der Waals surface area contributed by atoms with Crippen molar-refractivity contribution in [2.75, 3.05) is 18.4 Å². The normalized spacial score (nSPS) is 19.2. The van der Waals surface area contributed by atoms with Crippen LogP contribution in [-0.2, 0) is 6.42 Å². The number of amides is 1. The monoisotopic (exact) mass is 258 g/mol. The predicted molar refractivity (Wildman–Crippen MR) is 77.5 cm³/mol. The summed E-state index contributed by atoms with van der Waals surface area (Å²) >= 11 is 0. The summed E-state index contributed by atoms with van der Waals surface area (Å²) in [6, 6.07) is 5.99. The first kappa shape index (κ1) is 12.5. The summed E-state index contributed by atoms with van der Waals surface area (Å²) in [4.78, 5) is 12.4. The number of anilines is 1. The highest BCUT2D eigenvalue weighted by Gasteiger charge is 2.40. The Morgan fingerprint density at radius 1 is 1.42 bits per heavy atom. The lowest BCUT2D eigenvalue weighted by Crippen LogP contribution is -2.31. The van der Waals surface area contributed by atoms with E-state index >= 15 is 0 Å². The molecule has 1 saturated carbocycles. The average Bonchev–Trinajstić information content (AvgIpc) is 3.25. The Kier molecular flexibility index (Phi) is 3.21. The lowest BCUT2D eigenvalue weighted by Gasteiger charge is -2.21. The van der Waals surface area contributed by atoms with Crippen molar-refractivity contribution in [1.82, 2.24) is 5.32 Å². The number of carbonyl (C=O) groups is 1. The van der Waals surface area contributed by atoms with Crippen LogP contribution in [0.25, 0.3) is 0 Å². The predicted octanol–water partition coefficient (Wildman–Crippen LogP) is 2.96. The fraction of sp³-hybridized carbons (Fsp3) is 0.562. The van der Waals surface area contributed by atoms with E-state index in [1.165, 1.54) is 24.8 Å². The van der Waals surface area contributed by atoms with Gasteiger partial charge in [0, 0.05) is 24.3 Å². The molecule has 19 heavy (non-hydrogen) atoms. The van der Waals surface area contributed by atoms with Gasteiger partial charge in [-0.3, -0.25) is 4.79 Å². The average molecular weight is 258 g/mol. The molecule has 1 heterocycles. The summed E-state index contributed by atoms with van der Waals surface area (Å²) < 4.78 is 0. The Balaban J connectivity index is 1.73. The molecule has 1 fully saturated rings. The third-order valence-corrected chi connectivity index (χ3v) is 4.67. The zero-order chi connectivity index (χ0) is 13.3. The molecule has 1 aromatic rings. The molecule has 102 valence electrons. The van der Waals surface area contributed by atoms with Gasteiger partial charge in [-0.15, -0.1) is 0 Å².